The minimum Gasteiger partial charge on any atom is -0.434 e. The van der Waals surface area contributed by atoms with Crippen molar-refractivity contribution >= 4 is 24.0 Å². The van der Waals surface area contributed by atoms with Crippen LogP contribution in [0.5, 0.6) is 5.75 Å². The summed E-state index contributed by atoms with van der Waals surface area (Å²) in [4.78, 5) is 31.2. The number of nitrogens with one attached hydrogen (secondary N) is 1. The molecule has 2 heterocycles. The van der Waals surface area contributed by atoms with E-state index in [4.69, 9.17) is 12.2 Å². The summed E-state index contributed by atoms with van der Waals surface area (Å²) in [6.45, 7) is -1.78. The van der Waals surface area contributed by atoms with Gasteiger partial charge in [-0.05, 0) is 24.3 Å². The van der Waals surface area contributed by atoms with Crippen LogP contribution in [0.3, 0.4) is 0 Å². The number of H-pyrrole nitrogens is 1. The number of para-hydroxylation sites is 1. The minimum atomic E-state index is -3.01. The van der Waals surface area contributed by atoms with Crippen molar-refractivity contribution in [1.82, 2.24) is 14.8 Å². The Morgan fingerprint density at radius 1 is 0.963 bits per heavy atom. The summed E-state index contributed by atoms with van der Waals surface area (Å²) in [7, 11) is 0. The normalized spacial score (nSPS) is 14.3. The first-order valence-corrected chi connectivity index (χ1v) is 8.68. The molecule has 1 aromatic heterocycles. The van der Waals surface area contributed by atoms with Crippen molar-refractivity contribution in [2.75, 3.05) is 26.2 Å². The van der Waals surface area contributed by atoms with Gasteiger partial charge >= 0.3 is 6.61 Å². The minimum absolute atomic E-state index is 0.0723. The lowest BCUT2D eigenvalue weighted by Crippen LogP contribution is -2.50. The zero-order valence-electron chi connectivity index (χ0n) is 14.2. The Morgan fingerprint density at radius 2 is 1.52 bits per heavy atom. The molecule has 1 fully saturated rings. The summed E-state index contributed by atoms with van der Waals surface area (Å²) in [6.07, 6.45) is 1.65. The highest BCUT2D eigenvalue weighted by Crippen LogP contribution is 2.22. The number of piperazine rings is 1. The maximum atomic E-state index is 12.7. The number of alkyl halides is 2. The number of carbonyl (C=O) groups is 2. The molecule has 27 heavy (non-hydrogen) atoms. The van der Waals surface area contributed by atoms with Crippen molar-refractivity contribution in [3.8, 4) is 5.75 Å². The molecule has 1 aliphatic heterocycles. The molecule has 142 valence electrons. The lowest BCUT2D eigenvalue weighted by molar-refractivity contribution is -0.0503. The molecule has 1 aliphatic rings. The number of nitrogens with zero attached hydrogens (tertiary/aromatic N) is 2. The number of aromatic amines is 1. The summed E-state index contributed by atoms with van der Waals surface area (Å²) in [5, 5.41) is 0. The predicted octanol–water partition coefficient (Wildman–Crippen LogP) is 2.94. The average molecular weight is 393 g/mol. The number of halogens is 2. The van der Waals surface area contributed by atoms with Gasteiger partial charge < -0.3 is 19.5 Å². The van der Waals surface area contributed by atoms with Crippen molar-refractivity contribution < 1.29 is 23.1 Å². The van der Waals surface area contributed by atoms with Gasteiger partial charge in [0.2, 0.25) is 0 Å². The molecule has 0 spiro atoms. The van der Waals surface area contributed by atoms with Gasteiger partial charge in [-0.3, -0.25) is 9.59 Å². The molecular weight excluding hydrogens is 376 g/mol. The number of hydrogen-bond acceptors (Lipinski definition) is 4. The van der Waals surface area contributed by atoms with Gasteiger partial charge in [0.15, 0.2) is 0 Å². The van der Waals surface area contributed by atoms with E-state index in [1.54, 1.807) is 29.3 Å². The third-order valence-electron chi connectivity index (χ3n) is 4.24. The monoisotopic (exact) mass is 393 g/mol. The van der Waals surface area contributed by atoms with Crippen LogP contribution in [0, 0.1) is 4.64 Å². The molecule has 9 heteroatoms. The first-order valence-electron chi connectivity index (χ1n) is 8.27. The predicted molar refractivity (Wildman–Crippen MR) is 96.5 cm³/mol. The van der Waals surface area contributed by atoms with Crippen LogP contribution in [0.4, 0.5) is 8.78 Å². The third kappa shape index (κ3) is 4.30. The smallest absolute Gasteiger partial charge is 0.387 e. The van der Waals surface area contributed by atoms with Crippen LogP contribution in [-0.2, 0) is 0 Å². The number of hydrogen-bond donors (Lipinski definition) is 1. The molecule has 0 radical (unpaired) electrons. The number of carbonyl (C=O) groups excluding carboxylic acids is 2. The third-order valence-corrected chi connectivity index (χ3v) is 4.57. The molecule has 0 unspecified atom stereocenters. The number of ether oxygens (including phenoxy) is 1. The van der Waals surface area contributed by atoms with Crippen LogP contribution < -0.4 is 4.74 Å². The summed E-state index contributed by atoms with van der Waals surface area (Å²) < 4.78 is 29.9. The number of amides is 2. The van der Waals surface area contributed by atoms with Gasteiger partial charge in [-0.15, -0.1) is 0 Å². The number of aromatic nitrogens is 1. The Kier molecular flexibility index (Phi) is 5.80. The second-order valence-electron chi connectivity index (χ2n) is 5.87. The second-order valence-corrected chi connectivity index (χ2v) is 6.28. The van der Waals surface area contributed by atoms with Crippen LogP contribution in [0.15, 0.2) is 42.6 Å². The zero-order valence-corrected chi connectivity index (χ0v) is 15.0. The molecule has 0 aliphatic carbocycles. The standard InChI is InChI=1S/C18H17F2N3O3S/c19-18(20)26-14-6-2-1-4-12(14)16(24)22-8-10-23(11-9-22)17(25)13-5-3-7-21-15(13)27/h1-7,18H,8-11H2,(H,21,27). The largest absolute Gasteiger partial charge is 0.434 e. The maximum absolute atomic E-state index is 12.7. The van der Waals surface area contributed by atoms with Gasteiger partial charge in [0, 0.05) is 32.4 Å². The first kappa shape index (κ1) is 19.0. The highest BCUT2D eigenvalue weighted by Gasteiger charge is 2.27. The van der Waals surface area contributed by atoms with Gasteiger partial charge in [-0.25, -0.2) is 0 Å². The highest BCUT2D eigenvalue weighted by atomic mass is 32.1. The van der Waals surface area contributed by atoms with E-state index >= 15 is 0 Å². The average Bonchev–Trinajstić information content (AvgIpc) is 2.67. The lowest BCUT2D eigenvalue weighted by atomic mass is 10.1. The topological polar surface area (TPSA) is 65.6 Å². The van der Waals surface area contributed by atoms with Gasteiger partial charge in [0.1, 0.15) is 10.4 Å². The molecule has 1 aromatic carbocycles. The van der Waals surface area contributed by atoms with Crippen molar-refractivity contribution in [3.63, 3.8) is 0 Å². The van der Waals surface area contributed by atoms with E-state index in [0.29, 0.717) is 23.3 Å². The summed E-state index contributed by atoms with van der Waals surface area (Å²) >= 11 is 5.13. The molecule has 2 aromatic rings. The van der Waals surface area contributed by atoms with E-state index in [2.05, 4.69) is 9.72 Å². The van der Waals surface area contributed by atoms with Gasteiger partial charge in [-0.2, -0.15) is 8.78 Å². The van der Waals surface area contributed by atoms with Crippen LogP contribution in [0.25, 0.3) is 0 Å². The first-order chi connectivity index (χ1) is 13.0. The van der Waals surface area contributed by atoms with E-state index in [1.807, 2.05) is 0 Å². The number of rotatable bonds is 4. The summed E-state index contributed by atoms with van der Waals surface area (Å²) in [5.41, 5.74) is 0.478. The van der Waals surface area contributed by atoms with Crippen LogP contribution in [0.2, 0.25) is 0 Å². The second kappa shape index (κ2) is 8.26. The Hall–Kier alpha value is -2.81. The van der Waals surface area contributed by atoms with E-state index in [-0.39, 0.29) is 30.3 Å². The van der Waals surface area contributed by atoms with Crippen molar-refractivity contribution in [2.24, 2.45) is 0 Å². The quantitative estimate of drug-likeness (QED) is 0.812. The van der Waals surface area contributed by atoms with E-state index < -0.39 is 12.5 Å². The zero-order chi connectivity index (χ0) is 19.4. The van der Waals surface area contributed by atoms with Crippen LogP contribution in [-0.4, -0.2) is 59.4 Å². The van der Waals surface area contributed by atoms with Crippen molar-refractivity contribution in [3.05, 3.63) is 58.4 Å². The van der Waals surface area contributed by atoms with E-state index in [9.17, 15) is 18.4 Å². The molecule has 3 rings (SSSR count). The van der Waals surface area contributed by atoms with Gasteiger partial charge in [0.25, 0.3) is 11.8 Å². The molecule has 2 amide bonds. The molecule has 0 saturated carbocycles. The Morgan fingerprint density at radius 3 is 2.11 bits per heavy atom. The highest BCUT2D eigenvalue weighted by molar-refractivity contribution is 7.71. The Bertz CT molecular complexity index is 895. The molecular formula is C18H17F2N3O3S. The fourth-order valence-corrected chi connectivity index (χ4v) is 3.11. The van der Waals surface area contributed by atoms with E-state index in [0.717, 1.165) is 0 Å². The summed E-state index contributed by atoms with van der Waals surface area (Å²) in [5.74, 6) is -0.771. The van der Waals surface area contributed by atoms with Crippen molar-refractivity contribution in [2.45, 2.75) is 6.61 Å². The van der Waals surface area contributed by atoms with E-state index in [1.165, 1.54) is 23.1 Å². The SMILES string of the molecule is O=C(c1ccccc1OC(F)F)N1CCN(C(=O)c2ccc[nH]c2=S)CC1. The van der Waals surface area contributed by atoms with Gasteiger partial charge in [-0.1, -0.05) is 24.4 Å². The number of pyridine rings is 1. The van der Waals surface area contributed by atoms with Crippen LogP contribution in [0.1, 0.15) is 20.7 Å². The van der Waals surface area contributed by atoms with Gasteiger partial charge in [0.05, 0.1) is 11.1 Å². The van der Waals surface area contributed by atoms with Crippen molar-refractivity contribution in [1.29, 1.82) is 0 Å². The molecule has 6 nitrogen and oxygen atoms in total. The lowest BCUT2D eigenvalue weighted by Gasteiger charge is -2.35. The number of benzene rings is 1. The molecule has 0 bridgehead atoms. The summed E-state index contributed by atoms with van der Waals surface area (Å²) in [6, 6.07) is 9.23. The molecule has 1 saturated heterocycles. The Balaban J connectivity index is 1.68. The fourth-order valence-electron chi connectivity index (χ4n) is 2.89. The van der Waals surface area contributed by atoms with Crippen LogP contribution >= 0.6 is 12.2 Å². The molecule has 1 N–H and O–H groups in total. The maximum Gasteiger partial charge on any atom is 0.387 e. The molecule has 0 atom stereocenters. The fraction of sp³-hybridized carbons (Fsp3) is 0.278. The Labute approximate surface area is 159 Å².